The zero-order chi connectivity index (χ0) is 46.6. The first kappa shape index (κ1) is 50.1. The van der Waals surface area contributed by atoms with Crippen LogP contribution in [0.15, 0.2) is 60.7 Å². The van der Waals surface area contributed by atoms with Crippen LogP contribution in [-0.4, -0.2) is 71.4 Å². The highest BCUT2D eigenvalue weighted by atomic mass is 16.5. The molecule has 350 valence electrons. The molecule has 6 rings (SSSR count). The number of nitrogen functional groups attached to an aromatic ring is 2. The first-order valence-corrected chi connectivity index (χ1v) is 22.9. The molecule has 0 saturated heterocycles. The van der Waals surface area contributed by atoms with Crippen molar-refractivity contribution in [2.24, 2.45) is 22.9 Å². The number of pyridine rings is 2. The van der Waals surface area contributed by atoms with Gasteiger partial charge in [-0.15, -0.1) is 0 Å². The van der Waals surface area contributed by atoms with E-state index >= 15 is 0 Å². The molecule has 4 aromatic heterocycles. The van der Waals surface area contributed by atoms with Crippen molar-refractivity contribution in [2.45, 2.75) is 108 Å². The molecule has 0 bridgehead atoms. The summed E-state index contributed by atoms with van der Waals surface area (Å²) >= 11 is 0. The second-order valence-corrected chi connectivity index (χ2v) is 16.2. The van der Waals surface area contributed by atoms with E-state index in [-0.39, 0.29) is 24.0 Å². The zero-order valence-corrected chi connectivity index (χ0v) is 38.7. The molecule has 16 nitrogen and oxygen atoms in total. The Balaban J connectivity index is 0.000000244. The van der Waals surface area contributed by atoms with Gasteiger partial charge in [-0.1, -0.05) is 70.6 Å². The highest BCUT2D eigenvalue weighted by Gasteiger charge is 2.19. The van der Waals surface area contributed by atoms with Gasteiger partial charge in [0.2, 0.25) is 11.9 Å². The van der Waals surface area contributed by atoms with Crippen molar-refractivity contribution in [1.29, 1.82) is 0 Å². The number of ether oxygens (including phenoxy) is 4. The van der Waals surface area contributed by atoms with Crippen LogP contribution >= 0.6 is 0 Å². The van der Waals surface area contributed by atoms with E-state index in [1.807, 2.05) is 60.7 Å². The molecule has 0 aliphatic heterocycles. The van der Waals surface area contributed by atoms with Crippen LogP contribution < -0.4 is 53.3 Å². The van der Waals surface area contributed by atoms with Gasteiger partial charge in [0, 0.05) is 23.2 Å². The van der Waals surface area contributed by atoms with Crippen molar-refractivity contribution in [3.63, 3.8) is 0 Å². The van der Waals surface area contributed by atoms with Crippen LogP contribution in [0.4, 0.5) is 11.9 Å². The minimum atomic E-state index is -0.250. The fraction of sp³-hybridized carbons (Fsp3) is 0.469. The molecule has 65 heavy (non-hydrogen) atoms. The van der Waals surface area contributed by atoms with Gasteiger partial charge in [0.05, 0.1) is 62.2 Å². The number of unbranched alkanes of at least 4 members (excludes halogenated alkanes) is 11. The number of aromatic nitrogens is 6. The van der Waals surface area contributed by atoms with E-state index in [1.165, 1.54) is 44.9 Å². The Morgan fingerprint density at radius 3 is 1.12 bits per heavy atom. The van der Waals surface area contributed by atoms with Gasteiger partial charge in [0.25, 0.3) is 0 Å². The topological polar surface area (TPSA) is 270 Å². The summed E-state index contributed by atoms with van der Waals surface area (Å²) in [7, 11) is 6.45. The highest BCUT2D eigenvalue weighted by molar-refractivity contribution is 5.83. The van der Waals surface area contributed by atoms with Crippen LogP contribution in [0.25, 0.3) is 44.6 Å². The standard InChI is InChI=1S/C25H36N6O2.C24H34N6O2/c1-32-21-14-11-17(16-22(21)33-2)19-12-13-20-24(29-19)23(31-25(28)30-20)18(27)10-8-6-4-3-5-7-9-15-26;1-31-20-13-10-16(15-21(20)32-2)18-11-12-19-23(28-18)22(30-24(27)29-19)17(26)9-7-5-3-4-6-8-14-25/h11-14,16,18H,3-10,15,26-27H2,1-2H3,(H2,28,30,31);10-13,15,17H,3-9,14,25-26H2,1-2H3,(H2,27,29,30). The third-order valence-corrected chi connectivity index (χ3v) is 11.4. The van der Waals surface area contributed by atoms with Gasteiger partial charge in [0.15, 0.2) is 23.0 Å². The lowest BCUT2D eigenvalue weighted by atomic mass is 10.0. The summed E-state index contributed by atoms with van der Waals surface area (Å²) in [6.45, 7) is 1.55. The van der Waals surface area contributed by atoms with Crippen molar-refractivity contribution in [1.82, 2.24) is 29.9 Å². The van der Waals surface area contributed by atoms with E-state index in [9.17, 15) is 0 Å². The molecule has 6 aromatic rings. The summed E-state index contributed by atoms with van der Waals surface area (Å²) in [6.07, 6.45) is 16.8. The van der Waals surface area contributed by atoms with E-state index in [0.29, 0.717) is 56.5 Å². The molecule has 0 aliphatic rings. The van der Waals surface area contributed by atoms with Gasteiger partial charge in [-0.25, -0.2) is 29.9 Å². The summed E-state index contributed by atoms with van der Waals surface area (Å²) in [5.41, 5.74) is 43.6. The maximum atomic E-state index is 6.55. The highest BCUT2D eigenvalue weighted by Crippen LogP contribution is 2.35. The summed E-state index contributed by atoms with van der Waals surface area (Å²) in [4.78, 5) is 27.3. The van der Waals surface area contributed by atoms with Gasteiger partial charge >= 0.3 is 0 Å². The first-order chi connectivity index (χ1) is 31.6. The maximum Gasteiger partial charge on any atom is 0.220 e. The number of benzene rings is 2. The molecule has 2 unspecified atom stereocenters. The molecule has 0 aliphatic carbocycles. The minimum absolute atomic E-state index is 0.213. The van der Waals surface area contributed by atoms with Crippen molar-refractivity contribution in [2.75, 3.05) is 53.0 Å². The Morgan fingerprint density at radius 1 is 0.415 bits per heavy atom. The maximum absolute atomic E-state index is 6.55. The predicted octanol–water partition coefficient (Wildman–Crippen LogP) is 8.35. The summed E-state index contributed by atoms with van der Waals surface area (Å²) in [6, 6.07) is 18.5. The van der Waals surface area contributed by atoms with E-state index in [0.717, 1.165) is 87.0 Å². The number of nitrogens with zero attached hydrogens (tertiary/aromatic N) is 6. The number of anilines is 2. The molecule has 2 aromatic carbocycles. The van der Waals surface area contributed by atoms with Crippen molar-refractivity contribution in [3.8, 4) is 45.5 Å². The van der Waals surface area contributed by atoms with Gasteiger partial charge in [0.1, 0.15) is 11.0 Å². The van der Waals surface area contributed by atoms with Crippen LogP contribution in [0.2, 0.25) is 0 Å². The van der Waals surface area contributed by atoms with E-state index in [4.69, 9.17) is 63.3 Å². The number of methoxy groups -OCH3 is 4. The van der Waals surface area contributed by atoms with Crippen molar-refractivity contribution >= 4 is 34.0 Å². The second-order valence-electron chi connectivity index (χ2n) is 16.2. The molecule has 0 amide bonds. The number of nitrogens with two attached hydrogens (primary N) is 6. The van der Waals surface area contributed by atoms with Crippen LogP contribution in [0.5, 0.6) is 23.0 Å². The largest absolute Gasteiger partial charge is 0.493 e. The second kappa shape index (κ2) is 26.1. The lowest BCUT2D eigenvalue weighted by molar-refractivity contribution is 0.355. The molecule has 2 atom stereocenters. The molecule has 0 saturated carbocycles. The van der Waals surface area contributed by atoms with Crippen molar-refractivity contribution in [3.05, 3.63) is 72.1 Å². The molecule has 16 heteroatoms. The van der Waals surface area contributed by atoms with E-state index in [1.54, 1.807) is 28.4 Å². The van der Waals surface area contributed by atoms with Gasteiger partial charge in [-0.3, -0.25) is 0 Å². The first-order valence-electron chi connectivity index (χ1n) is 22.9. The molecule has 0 fully saturated rings. The lowest BCUT2D eigenvalue weighted by Crippen LogP contribution is -2.15. The molecular formula is C49H70N12O4. The lowest BCUT2D eigenvalue weighted by Gasteiger charge is -2.15. The summed E-state index contributed by atoms with van der Waals surface area (Å²) in [5, 5.41) is 0. The smallest absolute Gasteiger partial charge is 0.220 e. The van der Waals surface area contributed by atoms with Crippen LogP contribution in [0, 0.1) is 0 Å². The van der Waals surface area contributed by atoms with Crippen molar-refractivity contribution < 1.29 is 18.9 Å². The normalized spacial score (nSPS) is 12.1. The average molecular weight is 891 g/mol. The van der Waals surface area contributed by atoms with Gasteiger partial charge in [-0.05, 0) is 99.4 Å². The van der Waals surface area contributed by atoms with Crippen LogP contribution in [0.1, 0.15) is 120 Å². The molecule has 4 heterocycles. The fourth-order valence-electron chi connectivity index (χ4n) is 7.82. The number of fused-ring (bicyclic) bond motifs is 2. The third kappa shape index (κ3) is 14.3. The monoisotopic (exact) mass is 891 g/mol. The Bertz CT molecular complexity index is 2400. The Labute approximate surface area is 383 Å². The molecule has 0 radical (unpaired) electrons. The van der Waals surface area contributed by atoms with E-state index in [2.05, 4.69) is 19.9 Å². The SMILES string of the molecule is COc1ccc(-c2ccc3nc(N)nc(C(N)CCCCCCCCCN)c3n2)cc1OC.COc1ccc(-c2ccc3nc(N)nc(C(N)CCCCCCCCN)c3n2)cc1OC. The average Bonchev–Trinajstić information content (AvgIpc) is 3.33. The van der Waals surface area contributed by atoms with Crippen LogP contribution in [0.3, 0.4) is 0 Å². The third-order valence-electron chi connectivity index (χ3n) is 11.4. The van der Waals surface area contributed by atoms with Gasteiger partial charge in [-0.2, -0.15) is 0 Å². The summed E-state index contributed by atoms with van der Waals surface area (Å²) in [5.74, 6) is 3.05. The predicted molar refractivity (Wildman–Crippen MR) is 262 cm³/mol. The quantitative estimate of drug-likeness (QED) is 0.0295. The number of hydrogen-bond acceptors (Lipinski definition) is 16. The number of rotatable bonds is 25. The van der Waals surface area contributed by atoms with E-state index < -0.39 is 0 Å². The molecule has 0 spiro atoms. The molecule has 12 N–H and O–H groups in total. The Morgan fingerprint density at radius 2 is 0.769 bits per heavy atom. The van der Waals surface area contributed by atoms with Crippen LogP contribution in [-0.2, 0) is 0 Å². The Kier molecular flexibility index (Phi) is 20.1. The molecular weight excluding hydrogens is 821 g/mol. The zero-order valence-electron chi connectivity index (χ0n) is 38.7. The van der Waals surface area contributed by atoms with Gasteiger partial charge < -0.3 is 53.3 Å². The number of hydrogen-bond donors (Lipinski definition) is 6. The minimum Gasteiger partial charge on any atom is -0.493 e. The summed E-state index contributed by atoms with van der Waals surface area (Å²) < 4.78 is 21.5. The Hall–Kier alpha value is -5.94. The fourth-order valence-corrected chi connectivity index (χ4v) is 7.82.